The second-order valence-corrected chi connectivity index (χ2v) is 5.97. The van der Waals surface area contributed by atoms with Crippen LogP contribution in [0.3, 0.4) is 0 Å². The number of methoxy groups -OCH3 is 1. The van der Waals surface area contributed by atoms with Crippen LogP contribution in [-0.2, 0) is 4.79 Å². The number of aliphatic carboxylic acids is 1. The van der Waals surface area contributed by atoms with Crippen molar-refractivity contribution in [1.82, 2.24) is 14.7 Å². The Kier molecular flexibility index (Phi) is 4.45. The lowest BCUT2D eigenvalue weighted by Crippen LogP contribution is -2.50. The zero-order valence-corrected chi connectivity index (χ0v) is 13.8. The highest BCUT2D eigenvalue weighted by Crippen LogP contribution is 2.23. The molecule has 132 valence electrons. The van der Waals surface area contributed by atoms with Gasteiger partial charge >= 0.3 is 5.97 Å². The van der Waals surface area contributed by atoms with E-state index in [9.17, 15) is 14.7 Å². The van der Waals surface area contributed by atoms with E-state index < -0.39 is 11.6 Å². The summed E-state index contributed by atoms with van der Waals surface area (Å²) in [6, 6.07) is 8.87. The second-order valence-electron chi connectivity index (χ2n) is 5.97. The van der Waals surface area contributed by atoms with E-state index in [0.717, 1.165) is 11.4 Å². The SMILES string of the molecule is COc1ccc(-n2ccc(C(=O)N3CCC(O)(C(=O)O)CC3)n2)cc1. The lowest BCUT2D eigenvalue weighted by Gasteiger charge is -2.34. The quantitative estimate of drug-likeness (QED) is 0.854. The van der Waals surface area contributed by atoms with Crippen molar-refractivity contribution in [3.05, 3.63) is 42.2 Å². The summed E-state index contributed by atoms with van der Waals surface area (Å²) in [5.74, 6) is -0.797. The smallest absolute Gasteiger partial charge is 0.335 e. The molecule has 0 unspecified atom stereocenters. The molecule has 1 amide bonds. The minimum atomic E-state index is -1.75. The molecule has 2 N–H and O–H groups in total. The van der Waals surface area contributed by atoms with E-state index in [4.69, 9.17) is 9.84 Å². The zero-order chi connectivity index (χ0) is 18.0. The van der Waals surface area contributed by atoms with E-state index in [2.05, 4.69) is 5.10 Å². The Morgan fingerprint density at radius 3 is 2.36 bits per heavy atom. The number of carboxylic acids is 1. The average molecular weight is 345 g/mol. The van der Waals surface area contributed by atoms with Gasteiger partial charge in [0.05, 0.1) is 12.8 Å². The number of carbonyl (C=O) groups is 2. The maximum Gasteiger partial charge on any atom is 0.335 e. The van der Waals surface area contributed by atoms with Crippen molar-refractivity contribution in [2.75, 3.05) is 20.2 Å². The number of benzene rings is 1. The highest BCUT2D eigenvalue weighted by Gasteiger charge is 2.40. The Hall–Kier alpha value is -2.87. The van der Waals surface area contributed by atoms with E-state index in [0.29, 0.717) is 0 Å². The van der Waals surface area contributed by atoms with Gasteiger partial charge in [-0.05, 0) is 30.3 Å². The van der Waals surface area contributed by atoms with Gasteiger partial charge in [-0.3, -0.25) is 4.79 Å². The lowest BCUT2D eigenvalue weighted by atomic mass is 9.91. The number of aliphatic hydroxyl groups is 1. The van der Waals surface area contributed by atoms with Crippen LogP contribution < -0.4 is 4.74 Å². The summed E-state index contributed by atoms with van der Waals surface area (Å²) in [4.78, 5) is 25.1. The van der Waals surface area contributed by atoms with Crippen molar-refractivity contribution in [2.24, 2.45) is 0 Å². The molecule has 0 saturated carbocycles. The van der Waals surface area contributed by atoms with Gasteiger partial charge in [0.25, 0.3) is 5.91 Å². The monoisotopic (exact) mass is 345 g/mol. The van der Waals surface area contributed by atoms with Crippen molar-refractivity contribution in [3.8, 4) is 11.4 Å². The molecule has 1 aliphatic rings. The summed E-state index contributed by atoms with van der Waals surface area (Å²) in [5.41, 5.74) is -0.686. The fourth-order valence-corrected chi connectivity index (χ4v) is 2.77. The molecule has 0 atom stereocenters. The van der Waals surface area contributed by atoms with Crippen LogP contribution in [0.15, 0.2) is 36.5 Å². The number of carbonyl (C=O) groups excluding carboxylic acids is 1. The van der Waals surface area contributed by atoms with Crippen LogP contribution in [0, 0.1) is 0 Å². The zero-order valence-electron chi connectivity index (χ0n) is 13.8. The molecule has 0 aliphatic carbocycles. The molecule has 1 fully saturated rings. The maximum absolute atomic E-state index is 12.5. The van der Waals surface area contributed by atoms with E-state index in [1.807, 2.05) is 12.1 Å². The molecule has 0 spiro atoms. The van der Waals surface area contributed by atoms with Crippen LogP contribution in [0.25, 0.3) is 5.69 Å². The van der Waals surface area contributed by atoms with E-state index in [1.165, 1.54) is 4.90 Å². The van der Waals surface area contributed by atoms with Crippen LogP contribution in [-0.4, -0.2) is 62.6 Å². The normalized spacial score (nSPS) is 16.5. The Morgan fingerprint density at radius 2 is 1.80 bits per heavy atom. The van der Waals surface area contributed by atoms with Gasteiger partial charge in [0.2, 0.25) is 0 Å². The molecule has 3 rings (SSSR count). The third kappa shape index (κ3) is 3.34. The third-order valence-corrected chi connectivity index (χ3v) is 4.42. The van der Waals surface area contributed by atoms with Gasteiger partial charge < -0.3 is 19.8 Å². The Morgan fingerprint density at radius 1 is 1.16 bits per heavy atom. The van der Waals surface area contributed by atoms with Crippen molar-refractivity contribution in [2.45, 2.75) is 18.4 Å². The molecule has 1 saturated heterocycles. The molecular formula is C17H19N3O5. The van der Waals surface area contributed by atoms with E-state index in [1.54, 1.807) is 36.2 Å². The molecule has 8 heteroatoms. The van der Waals surface area contributed by atoms with Gasteiger partial charge in [0, 0.05) is 32.1 Å². The molecule has 2 heterocycles. The van der Waals surface area contributed by atoms with E-state index >= 15 is 0 Å². The fraction of sp³-hybridized carbons (Fsp3) is 0.353. The Labute approximate surface area is 144 Å². The first-order valence-corrected chi connectivity index (χ1v) is 7.88. The first kappa shape index (κ1) is 17.0. The number of hydrogen-bond acceptors (Lipinski definition) is 5. The average Bonchev–Trinajstić information content (AvgIpc) is 3.12. The summed E-state index contributed by atoms with van der Waals surface area (Å²) >= 11 is 0. The van der Waals surface area contributed by atoms with E-state index in [-0.39, 0.29) is 37.5 Å². The summed E-state index contributed by atoms with van der Waals surface area (Å²) in [6.45, 7) is 0.355. The number of aromatic nitrogens is 2. The number of hydrogen-bond donors (Lipinski definition) is 2. The molecule has 1 aromatic heterocycles. The molecule has 1 aliphatic heterocycles. The van der Waals surface area contributed by atoms with Crippen LogP contribution in [0.1, 0.15) is 23.3 Å². The molecule has 8 nitrogen and oxygen atoms in total. The third-order valence-electron chi connectivity index (χ3n) is 4.42. The number of likely N-dealkylation sites (tertiary alicyclic amines) is 1. The highest BCUT2D eigenvalue weighted by atomic mass is 16.5. The summed E-state index contributed by atoms with van der Waals surface area (Å²) in [5, 5.41) is 23.3. The number of nitrogens with zero attached hydrogens (tertiary/aromatic N) is 3. The number of ether oxygens (including phenoxy) is 1. The van der Waals surface area contributed by atoms with Gasteiger partial charge in [-0.25, -0.2) is 9.48 Å². The van der Waals surface area contributed by atoms with Crippen LogP contribution in [0.4, 0.5) is 0 Å². The Balaban J connectivity index is 1.70. The van der Waals surface area contributed by atoms with Gasteiger partial charge in [-0.15, -0.1) is 0 Å². The minimum Gasteiger partial charge on any atom is -0.497 e. The molecule has 0 bridgehead atoms. The predicted molar refractivity (Wildman–Crippen MR) is 87.8 cm³/mol. The summed E-state index contributed by atoms with van der Waals surface area (Å²) in [6.07, 6.45) is 1.70. The number of rotatable bonds is 4. The molecule has 2 aromatic rings. The minimum absolute atomic E-state index is 0.00720. The second kappa shape index (κ2) is 6.56. The largest absolute Gasteiger partial charge is 0.497 e. The van der Waals surface area contributed by atoms with Crippen molar-refractivity contribution in [1.29, 1.82) is 0 Å². The molecule has 1 aromatic carbocycles. The predicted octanol–water partition coefficient (Wildman–Crippen LogP) is 0.933. The first-order valence-electron chi connectivity index (χ1n) is 7.88. The van der Waals surface area contributed by atoms with Crippen molar-refractivity contribution >= 4 is 11.9 Å². The lowest BCUT2D eigenvalue weighted by molar-refractivity contribution is -0.162. The standard InChI is InChI=1S/C17H19N3O5/c1-25-13-4-2-12(3-5-13)20-9-6-14(18-20)15(21)19-10-7-17(24,8-11-19)16(22)23/h2-6,9,24H,7-8,10-11H2,1H3,(H,22,23). The number of carboxylic acid groups (broad SMARTS) is 1. The first-order chi connectivity index (χ1) is 11.9. The van der Waals surface area contributed by atoms with Gasteiger partial charge in [0.15, 0.2) is 11.3 Å². The van der Waals surface area contributed by atoms with Gasteiger partial charge in [-0.1, -0.05) is 0 Å². The van der Waals surface area contributed by atoms with Crippen molar-refractivity contribution < 1.29 is 24.5 Å². The van der Waals surface area contributed by atoms with Gasteiger partial charge in [0.1, 0.15) is 5.75 Å². The molecular weight excluding hydrogens is 326 g/mol. The van der Waals surface area contributed by atoms with Crippen LogP contribution in [0.2, 0.25) is 0 Å². The number of piperidine rings is 1. The number of amides is 1. The molecule has 25 heavy (non-hydrogen) atoms. The van der Waals surface area contributed by atoms with Gasteiger partial charge in [-0.2, -0.15) is 5.10 Å². The fourth-order valence-electron chi connectivity index (χ4n) is 2.77. The molecule has 0 radical (unpaired) electrons. The maximum atomic E-state index is 12.5. The van der Waals surface area contributed by atoms with Crippen molar-refractivity contribution in [3.63, 3.8) is 0 Å². The topological polar surface area (TPSA) is 105 Å². The Bertz CT molecular complexity index is 776. The van der Waals surface area contributed by atoms with Crippen LogP contribution in [0.5, 0.6) is 5.75 Å². The highest BCUT2D eigenvalue weighted by molar-refractivity contribution is 5.92. The van der Waals surface area contributed by atoms with Crippen LogP contribution >= 0.6 is 0 Å². The summed E-state index contributed by atoms with van der Waals surface area (Å²) in [7, 11) is 1.59. The summed E-state index contributed by atoms with van der Waals surface area (Å²) < 4.78 is 6.70.